The highest BCUT2D eigenvalue weighted by Gasteiger charge is 2.42. The molecule has 0 spiro atoms. The van der Waals surface area contributed by atoms with Crippen molar-refractivity contribution < 1.29 is 12.8 Å². The third kappa shape index (κ3) is 2.12. The SMILES string of the molecule is C=C1N[C@](C)(c2cc3c(cc2F)C=NC3)CS(=O)(=O)N1C. The van der Waals surface area contributed by atoms with E-state index in [0.29, 0.717) is 12.1 Å². The predicted molar refractivity (Wildman–Crippen MR) is 78.9 cm³/mol. The van der Waals surface area contributed by atoms with Crippen LogP contribution in [0.2, 0.25) is 0 Å². The van der Waals surface area contributed by atoms with E-state index in [0.717, 1.165) is 15.4 Å². The van der Waals surface area contributed by atoms with Crippen molar-refractivity contribution in [2.75, 3.05) is 12.8 Å². The zero-order valence-electron chi connectivity index (χ0n) is 11.9. The first-order chi connectivity index (χ1) is 9.73. The third-order valence-corrected chi connectivity index (χ3v) is 6.00. The molecule has 2 heterocycles. The zero-order valence-corrected chi connectivity index (χ0v) is 12.7. The Morgan fingerprint density at radius 2 is 2.19 bits per heavy atom. The molecule has 1 aromatic rings. The molecule has 0 unspecified atom stereocenters. The van der Waals surface area contributed by atoms with Crippen LogP contribution in [0.5, 0.6) is 0 Å². The van der Waals surface area contributed by atoms with E-state index in [1.54, 1.807) is 19.2 Å². The first-order valence-electron chi connectivity index (χ1n) is 6.49. The Morgan fingerprint density at radius 3 is 2.86 bits per heavy atom. The number of nitrogens with one attached hydrogen (secondary N) is 1. The molecule has 1 atom stereocenters. The summed E-state index contributed by atoms with van der Waals surface area (Å²) in [7, 11) is -2.10. The standard InChI is InChI=1S/C14H16FN3O2S/c1-9-17-14(2,8-21(19,20)18(9)3)12-4-10-6-16-7-11(10)5-13(12)15/h4-5,7,17H,1,6,8H2,2-3H3/t14-/m0/s1. The molecule has 1 aromatic carbocycles. The van der Waals surface area contributed by atoms with E-state index < -0.39 is 21.4 Å². The molecule has 5 nitrogen and oxygen atoms in total. The molecule has 7 heteroatoms. The minimum absolute atomic E-state index is 0.230. The number of sulfonamides is 1. The van der Waals surface area contributed by atoms with Crippen molar-refractivity contribution in [1.29, 1.82) is 0 Å². The second-order valence-electron chi connectivity index (χ2n) is 5.63. The molecular formula is C14H16FN3O2S. The molecule has 21 heavy (non-hydrogen) atoms. The topological polar surface area (TPSA) is 61.8 Å². The number of aliphatic imine (C=N–C) groups is 1. The number of fused-ring (bicyclic) bond motifs is 1. The van der Waals surface area contributed by atoms with Gasteiger partial charge in [0, 0.05) is 24.4 Å². The van der Waals surface area contributed by atoms with Crippen LogP contribution in [0.4, 0.5) is 4.39 Å². The van der Waals surface area contributed by atoms with Crippen molar-refractivity contribution in [2.24, 2.45) is 4.99 Å². The second-order valence-corrected chi connectivity index (χ2v) is 7.63. The highest BCUT2D eigenvalue weighted by molar-refractivity contribution is 7.89. The lowest BCUT2D eigenvalue weighted by atomic mass is 9.90. The van der Waals surface area contributed by atoms with Crippen molar-refractivity contribution in [3.63, 3.8) is 0 Å². The maximum Gasteiger partial charge on any atom is 0.238 e. The molecule has 0 radical (unpaired) electrons. The summed E-state index contributed by atoms with van der Waals surface area (Å²) in [6.07, 6.45) is 1.63. The van der Waals surface area contributed by atoms with Gasteiger partial charge in [-0.1, -0.05) is 6.58 Å². The number of nitrogens with zero attached hydrogens (tertiary/aromatic N) is 2. The molecular weight excluding hydrogens is 293 g/mol. The number of rotatable bonds is 1. The van der Waals surface area contributed by atoms with Crippen molar-refractivity contribution in [2.45, 2.75) is 19.0 Å². The van der Waals surface area contributed by atoms with E-state index in [2.05, 4.69) is 16.9 Å². The normalized spacial score (nSPS) is 26.6. The summed E-state index contributed by atoms with van der Waals surface area (Å²) in [6, 6.07) is 3.10. The average Bonchev–Trinajstić information content (AvgIpc) is 2.81. The predicted octanol–water partition coefficient (Wildman–Crippen LogP) is 1.31. The van der Waals surface area contributed by atoms with E-state index in [1.165, 1.54) is 13.1 Å². The number of hydrogen-bond acceptors (Lipinski definition) is 4. The Morgan fingerprint density at radius 1 is 1.48 bits per heavy atom. The summed E-state index contributed by atoms with van der Waals surface area (Å²) in [5.74, 6) is -0.434. The van der Waals surface area contributed by atoms with E-state index >= 15 is 0 Å². The largest absolute Gasteiger partial charge is 0.361 e. The average molecular weight is 309 g/mol. The molecule has 1 fully saturated rings. The molecule has 3 rings (SSSR count). The monoisotopic (exact) mass is 309 g/mol. The Bertz CT molecular complexity index is 773. The molecule has 2 aliphatic heterocycles. The Balaban J connectivity index is 2.10. The summed E-state index contributed by atoms with van der Waals surface area (Å²) in [4.78, 5) is 4.10. The van der Waals surface area contributed by atoms with Crippen LogP contribution in [0.3, 0.4) is 0 Å². The molecule has 0 aromatic heterocycles. The van der Waals surface area contributed by atoms with Crippen molar-refractivity contribution >= 4 is 16.2 Å². The van der Waals surface area contributed by atoms with Crippen molar-refractivity contribution in [3.8, 4) is 0 Å². The van der Waals surface area contributed by atoms with Crippen LogP contribution in [-0.4, -0.2) is 31.7 Å². The zero-order chi connectivity index (χ0) is 15.4. The molecule has 0 aliphatic carbocycles. The fraction of sp³-hybridized carbons (Fsp3) is 0.357. The van der Waals surface area contributed by atoms with Crippen LogP contribution in [0, 0.1) is 5.82 Å². The van der Waals surface area contributed by atoms with Gasteiger partial charge in [0.25, 0.3) is 0 Å². The minimum atomic E-state index is -3.52. The van der Waals surface area contributed by atoms with Gasteiger partial charge in [-0.05, 0) is 24.6 Å². The fourth-order valence-electron chi connectivity index (χ4n) is 2.76. The minimum Gasteiger partial charge on any atom is -0.361 e. The maximum absolute atomic E-state index is 14.4. The molecule has 1 saturated heterocycles. The van der Waals surface area contributed by atoms with Gasteiger partial charge < -0.3 is 5.32 Å². The van der Waals surface area contributed by atoms with Gasteiger partial charge >= 0.3 is 0 Å². The van der Waals surface area contributed by atoms with Gasteiger partial charge in [0.1, 0.15) is 11.6 Å². The first kappa shape index (κ1) is 14.1. The van der Waals surface area contributed by atoms with Gasteiger partial charge in [-0.3, -0.25) is 9.30 Å². The molecule has 0 saturated carbocycles. The van der Waals surface area contributed by atoms with Crippen molar-refractivity contribution in [3.05, 3.63) is 47.0 Å². The van der Waals surface area contributed by atoms with Crippen LogP contribution < -0.4 is 5.32 Å². The summed E-state index contributed by atoms with van der Waals surface area (Å²) in [5, 5.41) is 3.02. The summed E-state index contributed by atoms with van der Waals surface area (Å²) < 4.78 is 39.9. The summed E-state index contributed by atoms with van der Waals surface area (Å²) in [5.41, 5.74) is 0.917. The Hall–Kier alpha value is -1.89. The smallest absolute Gasteiger partial charge is 0.238 e. The van der Waals surface area contributed by atoms with E-state index in [1.807, 2.05) is 0 Å². The van der Waals surface area contributed by atoms with Crippen molar-refractivity contribution in [1.82, 2.24) is 9.62 Å². The molecule has 112 valence electrons. The Kier molecular flexibility index (Phi) is 2.88. The highest BCUT2D eigenvalue weighted by atomic mass is 32.2. The van der Waals surface area contributed by atoms with Crippen LogP contribution >= 0.6 is 0 Å². The van der Waals surface area contributed by atoms with Crippen LogP contribution in [0.1, 0.15) is 23.6 Å². The highest BCUT2D eigenvalue weighted by Crippen LogP contribution is 2.33. The Labute approximate surface area is 123 Å². The van der Waals surface area contributed by atoms with Gasteiger partial charge in [0.2, 0.25) is 10.0 Å². The van der Waals surface area contributed by atoms with Gasteiger partial charge in [-0.15, -0.1) is 0 Å². The molecule has 1 N–H and O–H groups in total. The summed E-state index contributed by atoms with van der Waals surface area (Å²) in [6.45, 7) is 5.86. The fourth-order valence-corrected chi connectivity index (χ4v) is 4.30. The number of benzene rings is 1. The van der Waals surface area contributed by atoms with E-state index in [9.17, 15) is 12.8 Å². The van der Waals surface area contributed by atoms with Crippen LogP contribution in [0.25, 0.3) is 0 Å². The van der Waals surface area contributed by atoms with E-state index in [4.69, 9.17) is 0 Å². The van der Waals surface area contributed by atoms with E-state index in [-0.39, 0.29) is 11.6 Å². The van der Waals surface area contributed by atoms with Crippen LogP contribution in [-0.2, 0) is 22.1 Å². The molecule has 2 aliphatic rings. The number of halogens is 1. The quantitative estimate of drug-likeness (QED) is 0.851. The lowest BCUT2D eigenvalue weighted by Crippen LogP contribution is -2.56. The first-order valence-corrected chi connectivity index (χ1v) is 8.10. The number of hydrogen-bond donors (Lipinski definition) is 1. The second kappa shape index (κ2) is 4.30. The van der Waals surface area contributed by atoms with Gasteiger partial charge in [0.05, 0.1) is 17.8 Å². The van der Waals surface area contributed by atoms with Crippen LogP contribution in [0.15, 0.2) is 29.5 Å². The lowest BCUT2D eigenvalue weighted by Gasteiger charge is -2.41. The molecule has 0 amide bonds. The van der Waals surface area contributed by atoms with Gasteiger partial charge in [-0.2, -0.15) is 0 Å². The lowest BCUT2D eigenvalue weighted by molar-refractivity contribution is 0.347. The molecule has 0 bridgehead atoms. The van der Waals surface area contributed by atoms with Gasteiger partial charge in [0.15, 0.2) is 0 Å². The van der Waals surface area contributed by atoms with Gasteiger partial charge in [-0.25, -0.2) is 12.8 Å². The maximum atomic E-state index is 14.4. The summed E-state index contributed by atoms with van der Waals surface area (Å²) >= 11 is 0. The third-order valence-electron chi connectivity index (χ3n) is 4.00.